The van der Waals surface area contributed by atoms with Gasteiger partial charge < -0.3 is 9.47 Å². The SMILES string of the molecule is CCC=C(COC(=O)C(C)C)C(=O)OC(C)CC. The Morgan fingerprint density at radius 3 is 2.22 bits per heavy atom. The van der Waals surface area contributed by atoms with Crippen molar-refractivity contribution in [1.82, 2.24) is 0 Å². The Labute approximate surface area is 109 Å². The van der Waals surface area contributed by atoms with Crippen LogP contribution in [0.5, 0.6) is 0 Å². The lowest BCUT2D eigenvalue weighted by Crippen LogP contribution is -2.21. The van der Waals surface area contributed by atoms with Crippen molar-refractivity contribution in [3.05, 3.63) is 11.6 Å². The Kier molecular flexibility index (Phi) is 8.08. The molecule has 0 aliphatic heterocycles. The van der Waals surface area contributed by atoms with Gasteiger partial charge in [0.25, 0.3) is 0 Å². The summed E-state index contributed by atoms with van der Waals surface area (Å²) < 4.78 is 10.3. The molecule has 18 heavy (non-hydrogen) atoms. The van der Waals surface area contributed by atoms with E-state index in [4.69, 9.17) is 9.47 Å². The van der Waals surface area contributed by atoms with E-state index in [9.17, 15) is 9.59 Å². The van der Waals surface area contributed by atoms with Crippen molar-refractivity contribution < 1.29 is 19.1 Å². The normalized spacial score (nSPS) is 13.3. The van der Waals surface area contributed by atoms with Gasteiger partial charge in [-0.2, -0.15) is 0 Å². The van der Waals surface area contributed by atoms with Gasteiger partial charge in [-0.1, -0.05) is 33.8 Å². The molecule has 0 N–H and O–H groups in total. The fourth-order valence-corrected chi connectivity index (χ4v) is 1.10. The van der Waals surface area contributed by atoms with Crippen LogP contribution in [0.3, 0.4) is 0 Å². The first-order valence-corrected chi connectivity index (χ1v) is 6.48. The molecule has 0 aromatic heterocycles. The van der Waals surface area contributed by atoms with Crippen LogP contribution in [-0.2, 0) is 19.1 Å². The largest absolute Gasteiger partial charge is 0.460 e. The van der Waals surface area contributed by atoms with Gasteiger partial charge in [-0.05, 0) is 19.8 Å². The van der Waals surface area contributed by atoms with Crippen molar-refractivity contribution in [1.29, 1.82) is 0 Å². The molecule has 4 heteroatoms. The molecule has 0 heterocycles. The van der Waals surface area contributed by atoms with E-state index in [1.807, 2.05) is 20.8 Å². The predicted octanol–water partition coefficient (Wildman–Crippen LogP) is 2.86. The second-order valence-electron chi connectivity index (χ2n) is 4.52. The van der Waals surface area contributed by atoms with Crippen LogP contribution in [0.25, 0.3) is 0 Å². The van der Waals surface area contributed by atoms with Gasteiger partial charge in [-0.25, -0.2) is 4.79 Å². The van der Waals surface area contributed by atoms with E-state index in [-0.39, 0.29) is 24.6 Å². The number of rotatable bonds is 7. The number of esters is 2. The van der Waals surface area contributed by atoms with Gasteiger partial charge >= 0.3 is 11.9 Å². The molecule has 0 radical (unpaired) electrons. The molecule has 1 unspecified atom stereocenters. The summed E-state index contributed by atoms with van der Waals surface area (Å²) in [6, 6.07) is 0. The maximum Gasteiger partial charge on any atom is 0.337 e. The molecule has 0 amide bonds. The molecule has 0 aromatic carbocycles. The Hall–Kier alpha value is -1.32. The maximum absolute atomic E-state index is 11.8. The topological polar surface area (TPSA) is 52.6 Å². The minimum atomic E-state index is -0.400. The highest BCUT2D eigenvalue weighted by Crippen LogP contribution is 2.07. The molecule has 0 bridgehead atoms. The summed E-state index contributed by atoms with van der Waals surface area (Å²) in [6.45, 7) is 9.19. The van der Waals surface area contributed by atoms with Crippen LogP contribution in [0.2, 0.25) is 0 Å². The minimum absolute atomic E-state index is 0.0138. The number of carbonyl (C=O) groups is 2. The highest BCUT2D eigenvalue weighted by atomic mass is 16.6. The highest BCUT2D eigenvalue weighted by molar-refractivity contribution is 5.89. The Morgan fingerprint density at radius 1 is 1.17 bits per heavy atom. The minimum Gasteiger partial charge on any atom is -0.460 e. The van der Waals surface area contributed by atoms with Crippen molar-refractivity contribution in [3.8, 4) is 0 Å². The van der Waals surface area contributed by atoms with Gasteiger partial charge in [0.05, 0.1) is 17.6 Å². The van der Waals surface area contributed by atoms with E-state index in [0.29, 0.717) is 12.0 Å². The van der Waals surface area contributed by atoms with Crippen LogP contribution in [0.4, 0.5) is 0 Å². The Balaban J connectivity index is 4.44. The average Bonchev–Trinajstić information content (AvgIpc) is 2.33. The molecule has 0 aromatic rings. The first kappa shape index (κ1) is 16.7. The lowest BCUT2D eigenvalue weighted by molar-refractivity contribution is -0.149. The van der Waals surface area contributed by atoms with Gasteiger partial charge in [-0.3, -0.25) is 4.79 Å². The fraction of sp³-hybridized carbons (Fsp3) is 0.714. The fourth-order valence-electron chi connectivity index (χ4n) is 1.10. The third-order valence-corrected chi connectivity index (χ3v) is 2.44. The van der Waals surface area contributed by atoms with Gasteiger partial charge in [0.15, 0.2) is 0 Å². The number of carbonyl (C=O) groups excluding carboxylic acids is 2. The summed E-state index contributed by atoms with van der Waals surface area (Å²) in [4.78, 5) is 23.2. The molecular formula is C14H24O4. The third kappa shape index (κ3) is 6.42. The number of ether oxygens (including phenoxy) is 2. The lowest BCUT2D eigenvalue weighted by Gasteiger charge is -2.14. The van der Waals surface area contributed by atoms with Crippen LogP contribution in [0.1, 0.15) is 47.5 Å². The summed E-state index contributed by atoms with van der Waals surface area (Å²) >= 11 is 0. The molecule has 0 saturated carbocycles. The van der Waals surface area contributed by atoms with E-state index < -0.39 is 5.97 Å². The van der Waals surface area contributed by atoms with E-state index >= 15 is 0 Å². The van der Waals surface area contributed by atoms with Crippen molar-refractivity contribution in [2.45, 2.75) is 53.6 Å². The van der Waals surface area contributed by atoms with Gasteiger partial charge in [0.1, 0.15) is 6.61 Å². The molecule has 0 fully saturated rings. The molecular weight excluding hydrogens is 232 g/mol. The first-order chi connectivity index (χ1) is 8.42. The quantitative estimate of drug-likeness (QED) is 0.519. The Morgan fingerprint density at radius 2 is 1.78 bits per heavy atom. The molecule has 1 atom stereocenters. The number of hydrogen-bond donors (Lipinski definition) is 0. The van der Waals surface area contributed by atoms with E-state index in [1.54, 1.807) is 19.9 Å². The third-order valence-electron chi connectivity index (χ3n) is 2.44. The number of hydrogen-bond acceptors (Lipinski definition) is 4. The smallest absolute Gasteiger partial charge is 0.337 e. The summed E-state index contributed by atoms with van der Waals surface area (Å²) in [6.07, 6.45) is 3.07. The van der Waals surface area contributed by atoms with Crippen molar-refractivity contribution >= 4 is 11.9 Å². The van der Waals surface area contributed by atoms with Crippen molar-refractivity contribution in [2.24, 2.45) is 5.92 Å². The average molecular weight is 256 g/mol. The van der Waals surface area contributed by atoms with E-state index in [1.165, 1.54) is 0 Å². The van der Waals surface area contributed by atoms with Crippen LogP contribution in [-0.4, -0.2) is 24.6 Å². The second-order valence-corrected chi connectivity index (χ2v) is 4.52. The van der Waals surface area contributed by atoms with E-state index in [0.717, 1.165) is 6.42 Å². The predicted molar refractivity (Wildman–Crippen MR) is 70.0 cm³/mol. The van der Waals surface area contributed by atoms with Crippen LogP contribution in [0, 0.1) is 5.92 Å². The zero-order valence-electron chi connectivity index (χ0n) is 12.0. The zero-order chi connectivity index (χ0) is 14.1. The van der Waals surface area contributed by atoms with Gasteiger partial charge in [0.2, 0.25) is 0 Å². The van der Waals surface area contributed by atoms with Crippen LogP contribution < -0.4 is 0 Å². The first-order valence-electron chi connectivity index (χ1n) is 6.48. The number of allylic oxidation sites excluding steroid dienone is 1. The van der Waals surface area contributed by atoms with Crippen molar-refractivity contribution in [3.63, 3.8) is 0 Å². The standard InChI is InChI=1S/C14H24O4/c1-6-8-12(9-17-13(15)10(3)4)14(16)18-11(5)7-2/h8,10-11H,6-7,9H2,1-5H3. The zero-order valence-corrected chi connectivity index (χ0v) is 12.0. The lowest BCUT2D eigenvalue weighted by atomic mass is 10.2. The van der Waals surface area contributed by atoms with Crippen molar-refractivity contribution in [2.75, 3.05) is 6.61 Å². The molecule has 0 saturated heterocycles. The highest BCUT2D eigenvalue weighted by Gasteiger charge is 2.16. The molecule has 4 nitrogen and oxygen atoms in total. The maximum atomic E-state index is 11.8. The Bertz CT molecular complexity index is 305. The molecule has 104 valence electrons. The monoisotopic (exact) mass is 256 g/mol. The molecule has 0 rings (SSSR count). The second kappa shape index (κ2) is 8.72. The molecule has 0 spiro atoms. The van der Waals surface area contributed by atoms with Crippen LogP contribution in [0.15, 0.2) is 11.6 Å². The molecule has 0 aliphatic rings. The van der Waals surface area contributed by atoms with E-state index in [2.05, 4.69) is 0 Å². The van der Waals surface area contributed by atoms with Crippen LogP contribution >= 0.6 is 0 Å². The summed E-state index contributed by atoms with van der Waals surface area (Å²) in [5.74, 6) is -0.908. The molecule has 0 aliphatic carbocycles. The van der Waals surface area contributed by atoms with Gasteiger partial charge in [0, 0.05) is 0 Å². The summed E-state index contributed by atoms with van der Waals surface area (Å²) in [5, 5.41) is 0. The van der Waals surface area contributed by atoms with Gasteiger partial charge in [-0.15, -0.1) is 0 Å². The summed E-state index contributed by atoms with van der Waals surface area (Å²) in [5.41, 5.74) is 0.409. The summed E-state index contributed by atoms with van der Waals surface area (Å²) in [7, 11) is 0.